The van der Waals surface area contributed by atoms with Crippen LogP contribution in [0.25, 0.3) is 0 Å². The minimum absolute atomic E-state index is 0.381. The van der Waals surface area contributed by atoms with Crippen LogP contribution in [0.3, 0.4) is 0 Å². The van der Waals surface area contributed by atoms with E-state index in [0.717, 1.165) is 16.6 Å². The number of halogens is 1. The first kappa shape index (κ1) is 14.1. The highest BCUT2D eigenvalue weighted by Crippen LogP contribution is 2.23. The van der Waals surface area contributed by atoms with Gasteiger partial charge in [-0.3, -0.25) is 0 Å². The van der Waals surface area contributed by atoms with E-state index in [1.807, 2.05) is 18.2 Å². The van der Waals surface area contributed by atoms with Gasteiger partial charge in [-0.15, -0.1) is 0 Å². The van der Waals surface area contributed by atoms with Crippen LogP contribution in [0.5, 0.6) is 0 Å². The van der Waals surface area contributed by atoms with Gasteiger partial charge in [0.05, 0.1) is 11.3 Å². The van der Waals surface area contributed by atoms with Gasteiger partial charge in [0.1, 0.15) is 6.07 Å². The lowest BCUT2D eigenvalue weighted by Crippen LogP contribution is -2.18. The topological polar surface area (TPSA) is 35.8 Å². The monoisotopic (exact) mass is 294 g/mol. The van der Waals surface area contributed by atoms with Crippen LogP contribution in [0, 0.1) is 17.2 Å². The fourth-order valence-corrected chi connectivity index (χ4v) is 2.19. The Bertz CT molecular complexity index is 409. The largest absolute Gasteiger partial charge is 0.381 e. The zero-order chi connectivity index (χ0) is 12.8. The summed E-state index contributed by atoms with van der Waals surface area (Å²) < 4.78 is 0.995. The van der Waals surface area contributed by atoms with Gasteiger partial charge >= 0.3 is 0 Å². The summed E-state index contributed by atoms with van der Waals surface area (Å²) in [4.78, 5) is 0. The molecule has 1 rings (SSSR count). The molecule has 2 unspecified atom stereocenters. The molecule has 0 spiro atoms. The van der Waals surface area contributed by atoms with Gasteiger partial charge in [0, 0.05) is 10.5 Å². The molecular weight excluding hydrogens is 276 g/mol. The first-order valence-electron chi connectivity index (χ1n) is 6.03. The Morgan fingerprint density at radius 2 is 2.12 bits per heavy atom. The Balaban J connectivity index is 2.74. The molecule has 92 valence electrons. The van der Waals surface area contributed by atoms with Gasteiger partial charge in [-0.2, -0.15) is 5.26 Å². The molecule has 0 aliphatic rings. The van der Waals surface area contributed by atoms with E-state index in [2.05, 4.69) is 48.1 Å². The zero-order valence-corrected chi connectivity index (χ0v) is 12.2. The van der Waals surface area contributed by atoms with Crippen molar-refractivity contribution < 1.29 is 0 Å². The highest BCUT2D eigenvalue weighted by Gasteiger charge is 2.09. The predicted molar refractivity (Wildman–Crippen MR) is 76.0 cm³/mol. The molecule has 17 heavy (non-hydrogen) atoms. The third kappa shape index (κ3) is 4.40. The summed E-state index contributed by atoms with van der Waals surface area (Å²) >= 11 is 3.43. The average molecular weight is 295 g/mol. The van der Waals surface area contributed by atoms with Crippen molar-refractivity contribution in [1.29, 1.82) is 5.26 Å². The van der Waals surface area contributed by atoms with Crippen molar-refractivity contribution in [2.75, 3.05) is 5.32 Å². The van der Waals surface area contributed by atoms with Crippen molar-refractivity contribution >= 4 is 21.6 Å². The van der Waals surface area contributed by atoms with Crippen molar-refractivity contribution in [3.8, 4) is 6.07 Å². The first-order valence-corrected chi connectivity index (χ1v) is 6.82. The molecule has 0 fully saturated rings. The van der Waals surface area contributed by atoms with Gasteiger partial charge in [0.25, 0.3) is 0 Å². The van der Waals surface area contributed by atoms with Crippen LogP contribution >= 0.6 is 15.9 Å². The molecule has 1 aromatic carbocycles. The van der Waals surface area contributed by atoms with E-state index in [9.17, 15) is 0 Å². The lowest BCUT2D eigenvalue weighted by atomic mass is 10.00. The van der Waals surface area contributed by atoms with E-state index in [4.69, 9.17) is 5.26 Å². The predicted octanol–water partition coefficient (Wildman–Crippen LogP) is 4.56. The summed E-state index contributed by atoms with van der Waals surface area (Å²) in [6, 6.07) is 8.28. The minimum Gasteiger partial charge on any atom is -0.381 e. The molecular formula is C14H19BrN2. The third-order valence-electron chi connectivity index (χ3n) is 2.96. The highest BCUT2D eigenvalue weighted by atomic mass is 79.9. The van der Waals surface area contributed by atoms with Gasteiger partial charge in [0.2, 0.25) is 0 Å². The molecule has 1 aromatic rings. The number of rotatable bonds is 5. The Kier molecular flexibility index (Phi) is 5.50. The number of hydrogen-bond acceptors (Lipinski definition) is 2. The van der Waals surface area contributed by atoms with Crippen molar-refractivity contribution in [1.82, 2.24) is 0 Å². The zero-order valence-electron chi connectivity index (χ0n) is 10.6. The summed E-state index contributed by atoms with van der Waals surface area (Å²) in [5.41, 5.74) is 1.61. The number of nitrogens with one attached hydrogen (secondary N) is 1. The fourth-order valence-electron chi connectivity index (χ4n) is 1.83. The SMILES string of the molecule is CCC(C)CC(C)Nc1cc(Br)ccc1C#N. The average Bonchev–Trinajstić information content (AvgIpc) is 2.29. The Morgan fingerprint density at radius 1 is 1.41 bits per heavy atom. The summed E-state index contributed by atoms with van der Waals surface area (Å²) in [5, 5.41) is 12.5. The quantitative estimate of drug-likeness (QED) is 0.864. The van der Waals surface area contributed by atoms with Gasteiger partial charge < -0.3 is 5.32 Å². The molecule has 3 heteroatoms. The van der Waals surface area contributed by atoms with Gasteiger partial charge in [-0.1, -0.05) is 36.2 Å². The fraction of sp³-hybridized carbons (Fsp3) is 0.500. The summed E-state index contributed by atoms with van der Waals surface area (Å²) in [6.07, 6.45) is 2.31. The first-order chi connectivity index (χ1) is 8.06. The molecule has 0 heterocycles. The van der Waals surface area contributed by atoms with Crippen molar-refractivity contribution in [2.45, 2.75) is 39.7 Å². The van der Waals surface area contributed by atoms with Crippen molar-refractivity contribution in [2.24, 2.45) is 5.92 Å². The maximum atomic E-state index is 9.04. The third-order valence-corrected chi connectivity index (χ3v) is 3.45. The Hall–Kier alpha value is -1.01. The van der Waals surface area contributed by atoms with E-state index in [1.165, 1.54) is 6.42 Å². The Morgan fingerprint density at radius 3 is 2.71 bits per heavy atom. The van der Waals surface area contributed by atoms with E-state index in [-0.39, 0.29) is 0 Å². The molecule has 0 bridgehead atoms. The number of benzene rings is 1. The van der Waals surface area contributed by atoms with E-state index in [0.29, 0.717) is 17.5 Å². The molecule has 0 saturated heterocycles. The molecule has 0 radical (unpaired) electrons. The summed E-state index contributed by atoms with van der Waals surface area (Å²) in [6.45, 7) is 6.62. The van der Waals surface area contributed by atoms with Crippen LogP contribution in [0.1, 0.15) is 39.2 Å². The van der Waals surface area contributed by atoms with Crippen molar-refractivity contribution in [3.05, 3.63) is 28.2 Å². The van der Waals surface area contributed by atoms with Crippen LogP contribution in [0.2, 0.25) is 0 Å². The summed E-state index contributed by atoms with van der Waals surface area (Å²) in [5.74, 6) is 0.704. The number of nitrogens with zero attached hydrogens (tertiary/aromatic N) is 1. The molecule has 0 aromatic heterocycles. The summed E-state index contributed by atoms with van der Waals surface area (Å²) in [7, 11) is 0. The van der Waals surface area contributed by atoms with Crippen LogP contribution in [-0.4, -0.2) is 6.04 Å². The maximum absolute atomic E-state index is 9.04. The van der Waals surface area contributed by atoms with E-state index in [1.54, 1.807) is 0 Å². The second-order valence-electron chi connectivity index (χ2n) is 4.60. The molecule has 0 aliphatic heterocycles. The maximum Gasteiger partial charge on any atom is 0.101 e. The van der Waals surface area contributed by atoms with E-state index < -0.39 is 0 Å². The molecule has 0 aliphatic carbocycles. The van der Waals surface area contributed by atoms with Crippen LogP contribution < -0.4 is 5.32 Å². The normalized spacial score (nSPS) is 13.8. The highest BCUT2D eigenvalue weighted by molar-refractivity contribution is 9.10. The molecule has 0 saturated carbocycles. The number of hydrogen-bond donors (Lipinski definition) is 1. The minimum atomic E-state index is 0.381. The molecule has 2 nitrogen and oxygen atoms in total. The second-order valence-corrected chi connectivity index (χ2v) is 5.51. The molecule has 2 atom stereocenters. The standard InChI is InChI=1S/C14H19BrN2/c1-4-10(2)7-11(3)17-14-8-13(15)6-5-12(14)9-16/h5-6,8,10-11,17H,4,7H2,1-3H3. The number of anilines is 1. The van der Waals surface area contributed by atoms with Crippen LogP contribution in [0.15, 0.2) is 22.7 Å². The van der Waals surface area contributed by atoms with E-state index >= 15 is 0 Å². The molecule has 0 amide bonds. The van der Waals surface area contributed by atoms with Gasteiger partial charge in [-0.05, 0) is 37.5 Å². The lowest BCUT2D eigenvalue weighted by Gasteiger charge is -2.19. The van der Waals surface area contributed by atoms with Crippen LogP contribution in [-0.2, 0) is 0 Å². The van der Waals surface area contributed by atoms with Gasteiger partial charge in [-0.25, -0.2) is 0 Å². The second kappa shape index (κ2) is 6.66. The van der Waals surface area contributed by atoms with Crippen molar-refractivity contribution in [3.63, 3.8) is 0 Å². The van der Waals surface area contributed by atoms with Crippen LogP contribution in [0.4, 0.5) is 5.69 Å². The number of nitriles is 1. The lowest BCUT2D eigenvalue weighted by molar-refractivity contribution is 0.484. The van der Waals surface area contributed by atoms with Gasteiger partial charge in [0.15, 0.2) is 0 Å². The smallest absolute Gasteiger partial charge is 0.101 e. The molecule has 1 N–H and O–H groups in total. The Labute approximate surface area is 112 Å².